The molecule has 0 saturated heterocycles. The molecule has 0 bridgehead atoms. The van der Waals surface area contributed by atoms with Gasteiger partial charge in [-0.1, -0.05) is 25.2 Å². The van der Waals surface area contributed by atoms with Crippen molar-refractivity contribution in [3.63, 3.8) is 0 Å². The molecule has 6 heteroatoms. The van der Waals surface area contributed by atoms with Crippen LogP contribution in [0.1, 0.15) is 36.4 Å². The van der Waals surface area contributed by atoms with Gasteiger partial charge in [0.25, 0.3) is 5.91 Å². The molecular formula is C12H21N3O2S. The Hall–Kier alpha value is -1.14. The summed E-state index contributed by atoms with van der Waals surface area (Å²) in [6, 6.07) is 0. The monoisotopic (exact) mass is 271 g/mol. The molecule has 3 N–H and O–H groups in total. The van der Waals surface area contributed by atoms with E-state index in [0.717, 1.165) is 18.0 Å². The number of aliphatic hydroxyl groups excluding tert-OH is 1. The Morgan fingerprint density at radius 2 is 2.28 bits per heavy atom. The maximum Gasteiger partial charge on any atom is 0.263 e. The Kier molecular flexibility index (Phi) is 5.55. The molecule has 0 atom stereocenters. The first-order valence-corrected chi connectivity index (χ1v) is 6.83. The minimum absolute atomic E-state index is 0.0749. The minimum atomic E-state index is -0.0872. The second-order valence-electron chi connectivity index (χ2n) is 4.96. The van der Waals surface area contributed by atoms with Crippen molar-refractivity contribution < 1.29 is 9.90 Å². The van der Waals surface area contributed by atoms with Crippen molar-refractivity contribution in [3.8, 4) is 0 Å². The number of aromatic nitrogens is 1. The average molecular weight is 271 g/mol. The zero-order valence-corrected chi connectivity index (χ0v) is 11.9. The lowest BCUT2D eigenvalue weighted by Gasteiger charge is -2.21. The van der Waals surface area contributed by atoms with E-state index in [1.807, 2.05) is 13.8 Å². The molecule has 0 aliphatic rings. The maximum absolute atomic E-state index is 11.8. The van der Waals surface area contributed by atoms with Gasteiger partial charge in [0, 0.05) is 20.2 Å². The first-order chi connectivity index (χ1) is 8.48. The van der Waals surface area contributed by atoms with Gasteiger partial charge in [0.05, 0.1) is 6.20 Å². The molecule has 0 spiro atoms. The lowest BCUT2D eigenvalue weighted by molar-refractivity contribution is 0.0952. The van der Waals surface area contributed by atoms with Gasteiger partial charge in [-0.05, 0) is 18.3 Å². The summed E-state index contributed by atoms with van der Waals surface area (Å²) < 4.78 is 0. The summed E-state index contributed by atoms with van der Waals surface area (Å²) in [7, 11) is 1.78. The molecule has 0 radical (unpaired) electrons. The maximum atomic E-state index is 11.8. The van der Waals surface area contributed by atoms with Gasteiger partial charge in [0.1, 0.15) is 4.88 Å². The third-order valence-electron chi connectivity index (χ3n) is 2.69. The van der Waals surface area contributed by atoms with Gasteiger partial charge < -0.3 is 15.7 Å². The Labute approximate surface area is 112 Å². The topological polar surface area (TPSA) is 74.2 Å². The Morgan fingerprint density at radius 3 is 2.83 bits per heavy atom. The van der Waals surface area contributed by atoms with E-state index >= 15 is 0 Å². The molecule has 1 aromatic heterocycles. The van der Waals surface area contributed by atoms with Gasteiger partial charge in [0.2, 0.25) is 0 Å². The second-order valence-corrected chi connectivity index (χ2v) is 5.99. The highest BCUT2D eigenvalue weighted by molar-refractivity contribution is 7.17. The molecular weight excluding hydrogens is 250 g/mol. The minimum Gasteiger partial charge on any atom is -0.396 e. The molecule has 5 nitrogen and oxygen atoms in total. The molecule has 1 rings (SSSR count). The van der Waals surface area contributed by atoms with Gasteiger partial charge in [-0.25, -0.2) is 4.98 Å². The molecule has 1 amide bonds. The van der Waals surface area contributed by atoms with Crippen LogP contribution in [0.4, 0.5) is 5.13 Å². The van der Waals surface area contributed by atoms with E-state index < -0.39 is 0 Å². The Bertz CT molecular complexity index is 390. The van der Waals surface area contributed by atoms with E-state index in [2.05, 4.69) is 15.6 Å². The van der Waals surface area contributed by atoms with Crippen LogP contribution < -0.4 is 10.6 Å². The second kappa shape index (κ2) is 6.70. The van der Waals surface area contributed by atoms with Crippen LogP contribution >= 0.6 is 11.3 Å². The average Bonchev–Trinajstić information content (AvgIpc) is 2.83. The van der Waals surface area contributed by atoms with Crippen molar-refractivity contribution >= 4 is 22.4 Å². The normalized spacial score (nSPS) is 11.3. The Balaban J connectivity index is 2.29. The number of nitrogens with one attached hydrogen (secondary N) is 2. The highest BCUT2D eigenvalue weighted by Gasteiger charge is 2.16. The van der Waals surface area contributed by atoms with Crippen LogP contribution in [-0.2, 0) is 0 Å². The van der Waals surface area contributed by atoms with Crippen molar-refractivity contribution in [3.05, 3.63) is 11.1 Å². The molecule has 18 heavy (non-hydrogen) atoms. The van der Waals surface area contributed by atoms with E-state index in [0.29, 0.717) is 11.4 Å². The third kappa shape index (κ3) is 4.62. The number of amides is 1. The van der Waals surface area contributed by atoms with Crippen LogP contribution in [0.15, 0.2) is 6.20 Å². The van der Waals surface area contributed by atoms with Gasteiger partial charge in [0.15, 0.2) is 5.13 Å². The fourth-order valence-corrected chi connectivity index (χ4v) is 2.12. The van der Waals surface area contributed by atoms with Crippen molar-refractivity contribution in [2.45, 2.75) is 26.7 Å². The number of carbonyl (C=O) groups is 1. The van der Waals surface area contributed by atoms with Crippen molar-refractivity contribution in [1.82, 2.24) is 10.3 Å². The lowest BCUT2D eigenvalue weighted by Crippen LogP contribution is -2.25. The number of hydrogen-bond donors (Lipinski definition) is 3. The summed E-state index contributed by atoms with van der Waals surface area (Å²) in [5, 5.41) is 15.6. The van der Waals surface area contributed by atoms with E-state index in [4.69, 9.17) is 5.11 Å². The van der Waals surface area contributed by atoms with Crippen LogP contribution in [-0.4, -0.2) is 36.2 Å². The Morgan fingerprint density at radius 1 is 1.56 bits per heavy atom. The molecule has 102 valence electrons. The molecule has 0 aliphatic carbocycles. The third-order valence-corrected chi connectivity index (χ3v) is 3.70. The smallest absolute Gasteiger partial charge is 0.263 e. The summed E-state index contributed by atoms with van der Waals surface area (Å²) in [5.74, 6) is -0.0872. The fourth-order valence-electron chi connectivity index (χ4n) is 1.43. The number of nitrogens with zero attached hydrogens (tertiary/aromatic N) is 1. The SMILES string of the molecule is CNc1ncc(C(=O)NCCCC(C)(C)CO)s1. The van der Waals surface area contributed by atoms with Gasteiger partial charge in [-0.3, -0.25) is 4.79 Å². The number of thiazole rings is 1. The summed E-state index contributed by atoms with van der Waals surface area (Å²) in [6.45, 7) is 4.81. The summed E-state index contributed by atoms with van der Waals surface area (Å²) in [4.78, 5) is 16.4. The summed E-state index contributed by atoms with van der Waals surface area (Å²) in [5.41, 5.74) is -0.0749. The number of aliphatic hydroxyl groups is 1. The summed E-state index contributed by atoms with van der Waals surface area (Å²) >= 11 is 1.33. The quantitative estimate of drug-likeness (QED) is 0.660. The first-order valence-electron chi connectivity index (χ1n) is 6.01. The highest BCUT2D eigenvalue weighted by atomic mass is 32.1. The number of anilines is 1. The van der Waals surface area contributed by atoms with Crippen LogP contribution in [0.2, 0.25) is 0 Å². The molecule has 0 aliphatic heterocycles. The van der Waals surface area contributed by atoms with E-state index in [1.54, 1.807) is 13.2 Å². The molecule has 1 heterocycles. The van der Waals surface area contributed by atoms with Crippen LogP contribution in [0, 0.1) is 5.41 Å². The number of carbonyl (C=O) groups excluding carboxylic acids is 1. The van der Waals surface area contributed by atoms with Gasteiger partial charge in [-0.15, -0.1) is 0 Å². The van der Waals surface area contributed by atoms with E-state index in [9.17, 15) is 4.79 Å². The largest absolute Gasteiger partial charge is 0.396 e. The van der Waals surface area contributed by atoms with Crippen molar-refractivity contribution in [1.29, 1.82) is 0 Å². The van der Waals surface area contributed by atoms with Crippen LogP contribution in [0.3, 0.4) is 0 Å². The predicted molar refractivity (Wildman–Crippen MR) is 74.1 cm³/mol. The summed E-state index contributed by atoms with van der Waals surface area (Å²) in [6.07, 6.45) is 3.31. The highest BCUT2D eigenvalue weighted by Crippen LogP contribution is 2.20. The van der Waals surface area contributed by atoms with Crippen molar-refractivity contribution in [2.75, 3.05) is 25.5 Å². The predicted octanol–water partition coefficient (Wildman–Crippen LogP) is 1.71. The lowest BCUT2D eigenvalue weighted by atomic mass is 9.89. The zero-order chi connectivity index (χ0) is 13.6. The fraction of sp³-hybridized carbons (Fsp3) is 0.667. The van der Waals surface area contributed by atoms with Crippen molar-refractivity contribution in [2.24, 2.45) is 5.41 Å². The molecule has 0 fully saturated rings. The number of hydrogen-bond acceptors (Lipinski definition) is 5. The van der Waals surface area contributed by atoms with Gasteiger partial charge >= 0.3 is 0 Å². The van der Waals surface area contributed by atoms with E-state index in [-0.39, 0.29) is 17.9 Å². The standard InChI is InChI=1S/C12H21N3O2S/c1-12(2,8-16)5-4-6-14-10(17)9-7-15-11(13-3)18-9/h7,16H,4-6,8H2,1-3H3,(H,13,15)(H,14,17). The molecule has 0 saturated carbocycles. The van der Waals surface area contributed by atoms with Crippen LogP contribution in [0.25, 0.3) is 0 Å². The molecule has 1 aromatic rings. The first kappa shape index (κ1) is 14.9. The zero-order valence-electron chi connectivity index (χ0n) is 11.1. The van der Waals surface area contributed by atoms with Gasteiger partial charge in [-0.2, -0.15) is 0 Å². The van der Waals surface area contributed by atoms with E-state index in [1.165, 1.54) is 11.3 Å². The number of rotatable bonds is 7. The molecule has 0 aromatic carbocycles. The van der Waals surface area contributed by atoms with Crippen LogP contribution in [0.5, 0.6) is 0 Å². The molecule has 0 unspecified atom stereocenters.